The molecular weight excluding hydrogens is 290 g/mol. The van der Waals surface area contributed by atoms with Crippen molar-refractivity contribution >= 4 is 0 Å². The Labute approximate surface area is 135 Å². The summed E-state index contributed by atoms with van der Waals surface area (Å²) in [6.45, 7) is 3.17. The molecule has 0 amide bonds. The molecule has 0 aliphatic heterocycles. The first-order chi connectivity index (χ1) is 11.2. The lowest BCUT2D eigenvalue weighted by Crippen LogP contribution is -2.00. The fourth-order valence-electron chi connectivity index (χ4n) is 2.19. The highest BCUT2D eigenvalue weighted by atomic mass is 16.5. The summed E-state index contributed by atoms with van der Waals surface area (Å²) in [4.78, 5) is 0. The minimum absolute atomic E-state index is 0.389. The lowest BCUT2D eigenvalue weighted by atomic mass is 10.1. The molecule has 2 aromatic carbocycles. The van der Waals surface area contributed by atoms with E-state index in [9.17, 15) is 0 Å². The third-order valence-corrected chi connectivity index (χ3v) is 3.50. The summed E-state index contributed by atoms with van der Waals surface area (Å²) in [6, 6.07) is 15.9. The van der Waals surface area contributed by atoms with Crippen molar-refractivity contribution in [2.45, 2.75) is 20.1 Å². The maximum atomic E-state index is 5.70. The summed E-state index contributed by atoms with van der Waals surface area (Å²) in [7, 11) is 1.64. The number of ether oxygens (including phenoxy) is 2. The van der Waals surface area contributed by atoms with Crippen LogP contribution in [0.1, 0.15) is 16.8 Å². The second-order valence-corrected chi connectivity index (χ2v) is 5.36. The van der Waals surface area contributed by atoms with E-state index >= 15 is 0 Å². The Morgan fingerprint density at radius 1 is 0.957 bits per heavy atom. The molecule has 0 radical (unpaired) electrons. The Balaban J connectivity index is 1.57. The highest BCUT2D eigenvalue weighted by molar-refractivity contribution is 5.31. The van der Waals surface area contributed by atoms with Crippen LogP contribution in [0.5, 0.6) is 11.5 Å². The molecule has 0 atom stereocenters. The summed E-state index contributed by atoms with van der Waals surface area (Å²) < 4.78 is 12.6. The SMILES string of the molecule is COc1ccc(OCc2cn(Cc3ccc(C)cc3)nn2)cc1. The van der Waals surface area contributed by atoms with Crippen molar-refractivity contribution in [2.24, 2.45) is 0 Å². The molecule has 5 heteroatoms. The Bertz CT molecular complexity index is 749. The van der Waals surface area contributed by atoms with Crippen LogP contribution in [0.3, 0.4) is 0 Å². The zero-order valence-corrected chi connectivity index (χ0v) is 13.3. The second kappa shape index (κ2) is 6.96. The Kier molecular flexibility index (Phi) is 4.57. The minimum atomic E-state index is 0.389. The second-order valence-electron chi connectivity index (χ2n) is 5.36. The molecule has 3 aromatic rings. The maximum absolute atomic E-state index is 5.70. The monoisotopic (exact) mass is 309 g/mol. The fourth-order valence-corrected chi connectivity index (χ4v) is 2.19. The van der Waals surface area contributed by atoms with Gasteiger partial charge in [-0.3, -0.25) is 0 Å². The zero-order valence-electron chi connectivity index (χ0n) is 13.3. The van der Waals surface area contributed by atoms with E-state index in [4.69, 9.17) is 9.47 Å². The Morgan fingerprint density at radius 2 is 1.65 bits per heavy atom. The molecule has 0 fully saturated rings. The maximum Gasteiger partial charge on any atom is 0.134 e. The highest BCUT2D eigenvalue weighted by Crippen LogP contribution is 2.17. The summed E-state index contributed by atoms with van der Waals surface area (Å²) >= 11 is 0. The molecule has 23 heavy (non-hydrogen) atoms. The normalized spacial score (nSPS) is 10.5. The number of methoxy groups -OCH3 is 1. The fraction of sp³-hybridized carbons (Fsp3) is 0.222. The molecular formula is C18H19N3O2. The molecule has 5 nitrogen and oxygen atoms in total. The average molecular weight is 309 g/mol. The Morgan fingerprint density at radius 3 is 2.35 bits per heavy atom. The van der Waals surface area contributed by atoms with Crippen molar-refractivity contribution in [3.8, 4) is 11.5 Å². The predicted molar refractivity (Wildman–Crippen MR) is 87.6 cm³/mol. The molecule has 0 bridgehead atoms. The zero-order chi connectivity index (χ0) is 16.1. The van der Waals surface area contributed by atoms with Gasteiger partial charge in [0.1, 0.15) is 23.8 Å². The number of aryl methyl sites for hydroxylation is 1. The van der Waals surface area contributed by atoms with Gasteiger partial charge in [0.15, 0.2) is 0 Å². The van der Waals surface area contributed by atoms with Crippen LogP contribution in [0, 0.1) is 6.92 Å². The van der Waals surface area contributed by atoms with Crippen LogP contribution in [0.25, 0.3) is 0 Å². The first-order valence-corrected chi connectivity index (χ1v) is 7.44. The smallest absolute Gasteiger partial charge is 0.134 e. The van der Waals surface area contributed by atoms with Crippen LogP contribution in [-0.4, -0.2) is 22.1 Å². The van der Waals surface area contributed by atoms with Crippen LogP contribution in [0.15, 0.2) is 54.7 Å². The molecule has 3 rings (SSSR count). The van der Waals surface area contributed by atoms with Gasteiger partial charge in [-0.25, -0.2) is 4.68 Å². The summed E-state index contributed by atoms with van der Waals surface area (Å²) in [5, 5.41) is 8.28. The third-order valence-electron chi connectivity index (χ3n) is 3.50. The number of rotatable bonds is 6. The standard InChI is InChI=1S/C18H19N3O2/c1-14-3-5-15(6-4-14)11-21-12-16(19-20-21)13-23-18-9-7-17(22-2)8-10-18/h3-10,12H,11,13H2,1-2H3. The van der Waals surface area contributed by atoms with Crippen molar-refractivity contribution in [2.75, 3.05) is 7.11 Å². The van der Waals surface area contributed by atoms with Gasteiger partial charge in [0.25, 0.3) is 0 Å². The third kappa shape index (κ3) is 4.10. The molecule has 0 aliphatic rings. The molecule has 1 aromatic heterocycles. The number of benzene rings is 2. The summed E-state index contributed by atoms with van der Waals surface area (Å²) in [6.07, 6.45) is 1.91. The summed E-state index contributed by atoms with van der Waals surface area (Å²) in [5.41, 5.74) is 3.25. The van der Waals surface area contributed by atoms with E-state index in [2.05, 4.69) is 41.5 Å². The molecule has 118 valence electrons. The van der Waals surface area contributed by atoms with Crippen molar-refractivity contribution in [1.29, 1.82) is 0 Å². The first kappa shape index (κ1) is 15.1. The molecule has 0 N–H and O–H groups in total. The van der Waals surface area contributed by atoms with E-state index in [-0.39, 0.29) is 0 Å². The van der Waals surface area contributed by atoms with Gasteiger partial charge in [0, 0.05) is 0 Å². The van der Waals surface area contributed by atoms with Crippen LogP contribution < -0.4 is 9.47 Å². The summed E-state index contributed by atoms with van der Waals surface area (Å²) in [5.74, 6) is 1.58. The van der Waals surface area contributed by atoms with Gasteiger partial charge in [-0.2, -0.15) is 0 Å². The van der Waals surface area contributed by atoms with Gasteiger partial charge < -0.3 is 9.47 Å². The topological polar surface area (TPSA) is 49.2 Å². The Hall–Kier alpha value is -2.82. The minimum Gasteiger partial charge on any atom is -0.497 e. The molecule has 0 aliphatic carbocycles. The molecule has 0 spiro atoms. The van der Waals surface area contributed by atoms with Gasteiger partial charge in [-0.1, -0.05) is 35.0 Å². The van der Waals surface area contributed by atoms with Crippen molar-refractivity contribution < 1.29 is 9.47 Å². The molecule has 0 saturated carbocycles. The predicted octanol–water partition coefficient (Wildman–Crippen LogP) is 3.22. The van der Waals surface area contributed by atoms with Crippen LogP contribution in [-0.2, 0) is 13.2 Å². The quantitative estimate of drug-likeness (QED) is 0.701. The van der Waals surface area contributed by atoms with Crippen molar-refractivity contribution in [3.05, 3.63) is 71.5 Å². The molecule has 1 heterocycles. The van der Waals surface area contributed by atoms with Crippen molar-refractivity contribution in [1.82, 2.24) is 15.0 Å². The van der Waals surface area contributed by atoms with Gasteiger partial charge >= 0.3 is 0 Å². The van der Waals surface area contributed by atoms with Crippen LogP contribution >= 0.6 is 0 Å². The van der Waals surface area contributed by atoms with E-state index in [1.54, 1.807) is 7.11 Å². The van der Waals surface area contributed by atoms with Crippen LogP contribution in [0.2, 0.25) is 0 Å². The van der Waals surface area contributed by atoms with Gasteiger partial charge in [-0.15, -0.1) is 5.10 Å². The van der Waals surface area contributed by atoms with E-state index in [0.717, 1.165) is 17.2 Å². The van der Waals surface area contributed by atoms with E-state index in [0.29, 0.717) is 13.2 Å². The van der Waals surface area contributed by atoms with E-state index in [1.165, 1.54) is 11.1 Å². The average Bonchev–Trinajstić information content (AvgIpc) is 3.03. The van der Waals surface area contributed by atoms with Gasteiger partial charge in [-0.05, 0) is 36.8 Å². The number of hydrogen-bond donors (Lipinski definition) is 0. The largest absolute Gasteiger partial charge is 0.497 e. The molecule has 0 unspecified atom stereocenters. The van der Waals surface area contributed by atoms with Gasteiger partial charge in [0.05, 0.1) is 19.9 Å². The van der Waals surface area contributed by atoms with Crippen molar-refractivity contribution in [3.63, 3.8) is 0 Å². The van der Waals surface area contributed by atoms with E-state index < -0.39 is 0 Å². The van der Waals surface area contributed by atoms with Gasteiger partial charge in [0.2, 0.25) is 0 Å². The molecule has 0 saturated heterocycles. The van der Waals surface area contributed by atoms with Crippen LogP contribution in [0.4, 0.5) is 0 Å². The number of aromatic nitrogens is 3. The number of hydrogen-bond acceptors (Lipinski definition) is 4. The number of nitrogens with zero attached hydrogens (tertiary/aromatic N) is 3. The lowest BCUT2D eigenvalue weighted by Gasteiger charge is -2.05. The lowest BCUT2D eigenvalue weighted by molar-refractivity contribution is 0.300. The van der Waals surface area contributed by atoms with E-state index in [1.807, 2.05) is 35.1 Å². The highest BCUT2D eigenvalue weighted by Gasteiger charge is 2.03. The first-order valence-electron chi connectivity index (χ1n) is 7.44.